The first-order chi connectivity index (χ1) is 14.9. The number of carbonyl (C=O) groups excluding carboxylic acids is 2. The molecule has 1 heterocycles. The normalized spacial score (nSPS) is 10.8. The molecule has 0 atom stereocenters. The number of nitrogens with zero attached hydrogens (tertiary/aromatic N) is 2. The number of allylic oxidation sites excluding steroid dienone is 1. The predicted molar refractivity (Wildman–Crippen MR) is 120 cm³/mol. The molecule has 3 rings (SSSR count). The zero-order valence-corrected chi connectivity index (χ0v) is 18.0. The van der Waals surface area contributed by atoms with E-state index in [0.29, 0.717) is 17.1 Å². The molecule has 160 valence electrons. The average molecular weight is 419 g/mol. The Kier molecular flexibility index (Phi) is 6.87. The van der Waals surface area contributed by atoms with Crippen LogP contribution in [-0.2, 0) is 11.8 Å². The summed E-state index contributed by atoms with van der Waals surface area (Å²) in [6, 6.07) is 12.8. The maximum absolute atomic E-state index is 12.4. The van der Waals surface area contributed by atoms with E-state index in [1.54, 1.807) is 42.2 Å². The number of aryl methyl sites for hydroxylation is 2. The fourth-order valence-electron chi connectivity index (χ4n) is 2.95. The number of hydrogen-bond acceptors (Lipinski definition) is 5. The van der Waals surface area contributed by atoms with Crippen molar-refractivity contribution in [2.24, 2.45) is 7.05 Å². The van der Waals surface area contributed by atoms with Crippen molar-refractivity contribution in [3.63, 3.8) is 0 Å². The number of carbonyl (C=O) groups is 2. The largest absolute Gasteiger partial charge is 0.493 e. The van der Waals surface area contributed by atoms with Gasteiger partial charge in [-0.3, -0.25) is 14.3 Å². The van der Waals surface area contributed by atoms with Crippen LogP contribution in [0.25, 0.3) is 6.08 Å². The van der Waals surface area contributed by atoms with Crippen LogP contribution in [0.3, 0.4) is 0 Å². The molecule has 0 saturated carbocycles. The van der Waals surface area contributed by atoms with Gasteiger partial charge in [0, 0.05) is 18.4 Å². The van der Waals surface area contributed by atoms with E-state index in [0.717, 1.165) is 22.5 Å². The summed E-state index contributed by atoms with van der Waals surface area (Å²) in [5.41, 5.74) is 3.85. The number of aromatic nitrogens is 2. The number of rotatable bonds is 8. The summed E-state index contributed by atoms with van der Waals surface area (Å²) in [4.78, 5) is 24.6. The van der Waals surface area contributed by atoms with Crippen LogP contribution in [0.5, 0.6) is 11.5 Å². The molecule has 1 amide bonds. The highest BCUT2D eigenvalue weighted by Crippen LogP contribution is 2.28. The number of methoxy groups -OCH3 is 1. The van der Waals surface area contributed by atoms with Gasteiger partial charge in [0.25, 0.3) is 5.91 Å². The minimum atomic E-state index is -0.266. The molecule has 1 aromatic heterocycles. The van der Waals surface area contributed by atoms with E-state index in [-0.39, 0.29) is 18.3 Å². The van der Waals surface area contributed by atoms with Gasteiger partial charge >= 0.3 is 0 Å². The summed E-state index contributed by atoms with van der Waals surface area (Å²) >= 11 is 0. The van der Waals surface area contributed by atoms with Crippen LogP contribution in [0.1, 0.15) is 27.2 Å². The Morgan fingerprint density at radius 1 is 1.13 bits per heavy atom. The number of nitrogens with one attached hydrogen (secondary N) is 1. The summed E-state index contributed by atoms with van der Waals surface area (Å²) in [5.74, 6) is 0.514. The minimum Gasteiger partial charge on any atom is -0.493 e. The summed E-state index contributed by atoms with van der Waals surface area (Å²) in [6.45, 7) is 3.61. The highest BCUT2D eigenvalue weighted by molar-refractivity contribution is 6.07. The fraction of sp³-hybridized carbons (Fsp3) is 0.208. The van der Waals surface area contributed by atoms with Crippen molar-refractivity contribution in [2.45, 2.75) is 13.8 Å². The van der Waals surface area contributed by atoms with Gasteiger partial charge in [0.1, 0.15) is 0 Å². The van der Waals surface area contributed by atoms with Gasteiger partial charge in [0.15, 0.2) is 23.9 Å². The second kappa shape index (κ2) is 9.75. The zero-order valence-electron chi connectivity index (χ0n) is 18.0. The van der Waals surface area contributed by atoms with Crippen molar-refractivity contribution in [3.8, 4) is 11.5 Å². The number of benzene rings is 2. The maximum atomic E-state index is 12.4. The Morgan fingerprint density at radius 2 is 1.90 bits per heavy atom. The monoisotopic (exact) mass is 419 g/mol. The van der Waals surface area contributed by atoms with Gasteiger partial charge in [-0.2, -0.15) is 5.10 Å². The standard InChI is InChI=1S/C24H25N3O4/c1-16-7-5-6-8-20(16)26-24(29)15-31-22-12-10-18(13-23(22)30-4)9-11-21(28)19-14-25-27(3)17(19)2/h5-14H,15H2,1-4H3,(H,26,29)/b11-9+. The molecule has 1 N–H and O–H groups in total. The summed E-state index contributed by atoms with van der Waals surface area (Å²) in [7, 11) is 3.31. The first-order valence-corrected chi connectivity index (χ1v) is 9.76. The topological polar surface area (TPSA) is 82.4 Å². The third-order valence-corrected chi connectivity index (χ3v) is 4.89. The van der Waals surface area contributed by atoms with E-state index in [1.807, 2.05) is 38.1 Å². The van der Waals surface area contributed by atoms with E-state index >= 15 is 0 Å². The lowest BCUT2D eigenvalue weighted by molar-refractivity contribution is -0.118. The van der Waals surface area contributed by atoms with Gasteiger partial charge in [-0.15, -0.1) is 0 Å². The Labute approximate surface area is 181 Å². The highest BCUT2D eigenvalue weighted by atomic mass is 16.5. The number of anilines is 1. The Bertz CT molecular complexity index is 1130. The molecule has 7 nitrogen and oxygen atoms in total. The minimum absolute atomic E-state index is 0.127. The molecule has 0 radical (unpaired) electrons. The molecule has 0 aliphatic rings. The first-order valence-electron chi connectivity index (χ1n) is 9.76. The molecule has 0 saturated heterocycles. The average Bonchev–Trinajstić information content (AvgIpc) is 3.10. The van der Waals surface area contributed by atoms with Crippen LogP contribution in [0, 0.1) is 13.8 Å². The van der Waals surface area contributed by atoms with Crippen molar-refractivity contribution in [1.82, 2.24) is 9.78 Å². The number of ketones is 1. The van der Waals surface area contributed by atoms with Crippen LogP contribution >= 0.6 is 0 Å². The molecular formula is C24H25N3O4. The molecular weight excluding hydrogens is 394 g/mol. The predicted octanol–water partition coefficient (Wildman–Crippen LogP) is 3.96. The summed E-state index contributed by atoms with van der Waals surface area (Å²) in [6.07, 6.45) is 4.75. The molecule has 0 aliphatic heterocycles. The molecule has 0 bridgehead atoms. The van der Waals surface area contributed by atoms with E-state index in [1.165, 1.54) is 13.2 Å². The maximum Gasteiger partial charge on any atom is 0.262 e. The number of hydrogen-bond donors (Lipinski definition) is 1. The third kappa shape index (κ3) is 5.39. The van der Waals surface area contributed by atoms with Gasteiger partial charge in [-0.25, -0.2) is 0 Å². The van der Waals surface area contributed by atoms with Gasteiger partial charge in [-0.1, -0.05) is 30.3 Å². The van der Waals surface area contributed by atoms with Gasteiger partial charge < -0.3 is 14.8 Å². The van der Waals surface area contributed by atoms with Crippen LogP contribution < -0.4 is 14.8 Å². The van der Waals surface area contributed by atoms with Crippen molar-refractivity contribution >= 4 is 23.5 Å². The quantitative estimate of drug-likeness (QED) is 0.441. The first kappa shape index (κ1) is 21.8. The number of ether oxygens (including phenoxy) is 2. The lowest BCUT2D eigenvalue weighted by Crippen LogP contribution is -2.20. The molecule has 2 aromatic carbocycles. The molecule has 0 spiro atoms. The summed E-state index contributed by atoms with van der Waals surface area (Å²) in [5, 5.41) is 6.91. The molecule has 0 aliphatic carbocycles. The highest BCUT2D eigenvalue weighted by Gasteiger charge is 2.11. The Morgan fingerprint density at radius 3 is 2.58 bits per heavy atom. The second-order valence-corrected chi connectivity index (χ2v) is 7.03. The van der Waals surface area contributed by atoms with Crippen molar-refractivity contribution < 1.29 is 19.1 Å². The third-order valence-electron chi connectivity index (χ3n) is 4.89. The van der Waals surface area contributed by atoms with E-state index in [2.05, 4.69) is 10.4 Å². The van der Waals surface area contributed by atoms with Crippen LogP contribution in [0.2, 0.25) is 0 Å². The van der Waals surface area contributed by atoms with Crippen molar-refractivity contribution in [1.29, 1.82) is 0 Å². The molecule has 31 heavy (non-hydrogen) atoms. The second-order valence-electron chi connectivity index (χ2n) is 7.03. The SMILES string of the molecule is COc1cc(/C=C/C(=O)c2cnn(C)c2C)ccc1OCC(=O)Nc1ccccc1C. The lowest BCUT2D eigenvalue weighted by Gasteiger charge is -2.12. The smallest absolute Gasteiger partial charge is 0.262 e. The van der Waals surface area contributed by atoms with Gasteiger partial charge in [0.2, 0.25) is 0 Å². The molecule has 0 fully saturated rings. The van der Waals surface area contributed by atoms with Crippen LogP contribution in [0.15, 0.2) is 54.7 Å². The zero-order chi connectivity index (χ0) is 22.4. The van der Waals surface area contributed by atoms with Crippen molar-refractivity contribution in [3.05, 3.63) is 77.1 Å². The number of para-hydroxylation sites is 1. The fourth-order valence-corrected chi connectivity index (χ4v) is 2.95. The van der Waals surface area contributed by atoms with Crippen LogP contribution in [-0.4, -0.2) is 35.2 Å². The van der Waals surface area contributed by atoms with Gasteiger partial charge in [0.05, 0.1) is 18.9 Å². The lowest BCUT2D eigenvalue weighted by atomic mass is 10.1. The molecule has 0 unspecified atom stereocenters. The molecule has 3 aromatic rings. The molecule has 7 heteroatoms. The van der Waals surface area contributed by atoms with E-state index in [4.69, 9.17) is 9.47 Å². The van der Waals surface area contributed by atoms with Crippen molar-refractivity contribution in [2.75, 3.05) is 19.0 Å². The van der Waals surface area contributed by atoms with E-state index in [9.17, 15) is 9.59 Å². The summed E-state index contributed by atoms with van der Waals surface area (Å²) < 4.78 is 12.7. The Hall–Kier alpha value is -3.87. The van der Waals surface area contributed by atoms with Crippen LogP contribution in [0.4, 0.5) is 5.69 Å². The Balaban J connectivity index is 1.64. The number of amides is 1. The van der Waals surface area contributed by atoms with E-state index < -0.39 is 0 Å². The van der Waals surface area contributed by atoms with Gasteiger partial charge in [-0.05, 0) is 49.2 Å².